The van der Waals surface area contributed by atoms with E-state index in [4.69, 9.17) is 4.74 Å². The molecule has 2 heteroatoms. The molecule has 0 aromatic heterocycles. The average Bonchev–Trinajstić information content (AvgIpc) is 2.87. The zero-order valence-electron chi connectivity index (χ0n) is 15.1. The summed E-state index contributed by atoms with van der Waals surface area (Å²) in [5.74, 6) is 3.93. The van der Waals surface area contributed by atoms with Crippen LogP contribution in [0.4, 0.5) is 0 Å². The summed E-state index contributed by atoms with van der Waals surface area (Å²) >= 11 is 0. The lowest BCUT2D eigenvalue weighted by molar-refractivity contribution is 0.0650. The molecule has 0 aromatic carbocycles. The van der Waals surface area contributed by atoms with Crippen LogP contribution in [0.3, 0.4) is 0 Å². The highest BCUT2D eigenvalue weighted by molar-refractivity contribution is 5.25. The topological polar surface area (TPSA) is 29.5 Å². The van der Waals surface area contributed by atoms with E-state index in [1.165, 1.54) is 0 Å². The van der Waals surface area contributed by atoms with Crippen LogP contribution in [0.15, 0.2) is 35.8 Å². The maximum atomic E-state index is 10.2. The highest BCUT2D eigenvalue weighted by Crippen LogP contribution is 2.50. The van der Waals surface area contributed by atoms with Crippen LogP contribution >= 0.6 is 0 Å². The lowest BCUT2D eigenvalue weighted by atomic mass is 9.70. The van der Waals surface area contributed by atoms with Gasteiger partial charge in [0.25, 0.3) is 0 Å². The van der Waals surface area contributed by atoms with Crippen molar-refractivity contribution in [2.45, 2.75) is 72.3 Å². The summed E-state index contributed by atoms with van der Waals surface area (Å²) in [7, 11) is 0. The molecule has 23 heavy (non-hydrogen) atoms. The summed E-state index contributed by atoms with van der Waals surface area (Å²) < 4.78 is 6.11. The van der Waals surface area contributed by atoms with E-state index in [9.17, 15) is 5.11 Å². The number of hydrogen-bond acceptors (Lipinski definition) is 2. The van der Waals surface area contributed by atoms with E-state index in [1.807, 2.05) is 12.2 Å². The summed E-state index contributed by atoms with van der Waals surface area (Å²) in [5, 5.41) is 10.2. The SMILES string of the molecule is C#CC.CCC/C=C\C(O)=C1/C[C@@]2(CCC)C=CC(C)C[C@H]2O1. The second-order valence-corrected chi connectivity index (χ2v) is 6.63. The summed E-state index contributed by atoms with van der Waals surface area (Å²) in [6.07, 6.45) is 19.6. The number of rotatable bonds is 5. The molecule has 3 atom stereocenters. The van der Waals surface area contributed by atoms with Crippen molar-refractivity contribution >= 4 is 0 Å². The number of allylic oxidation sites excluding steroid dienone is 4. The number of aliphatic hydroxyl groups excluding tert-OH is 1. The Bertz CT molecular complexity index is 492. The van der Waals surface area contributed by atoms with Gasteiger partial charge in [0.15, 0.2) is 5.76 Å². The quantitative estimate of drug-likeness (QED) is 0.387. The molecule has 1 heterocycles. The molecular weight excluding hydrogens is 284 g/mol. The first kappa shape index (κ1) is 19.4. The van der Waals surface area contributed by atoms with Crippen LogP contribution in [0, 0.1) is 23.7 Å². The molecule has 1 N–H and O–H groups in total. The molecule has 2 nitrogen and oxygen atoms in total. The van der Waals surface area contributed by atoms with Crippen molar-refractivity contribution in [1.29, 1.82) is 0 Å². The molecule has 0 amide bonds. The zero-order valence-corrected chi connectivity index (χ0v) is 15.1. The summed E-state index contributed by atoms with van der Waals surface area (Å²) in [5.41, 5.74) is 0.114. The van der Waals surface area contributed by atoms with E-state index in [0.717, 1.165) is 44.3 Å². The fraction of sp³-hybridized carbons (Fsp3) is 0.619. The molecule has 128 valence electrons. The Morgan fingerprint density at radius 1 is 1.48 bits per heavy atom. The van der Waals surface area contributed by atoms with Crippen molar-refractivity contribution in [3.63, 3.8) is 0 Å². The van der Waals surface area contributed by atoms with E-state index >= 15 is 0 Å². The normalized spacial score (nSPS) is 30.9. The Kier molecular flexibility index (Phi) is 8.03. The Morgan fingerprint density at radius 3 is 2.78 bits per heavy atom. The highest BCUT2D eigenvalue weighted by Gasteiger charge is 2.47. The molecule has 1 saturated heterocycles. The standard InChI is InChI=1S/C18H28O2.C3H4/c1-4-6-7-8-15(19)16-13-18(10-5-2)11-9-14(3)12-17(18)20-16;1-3-2/h7-9,11,14,17,19H,4-6,10,12-13H2,1-3H3;1H,2H3/b8-7-,16-15-;/t14?,17-,18-;/m1./s1. The molecule has 1 unspecified atom stereocenters. The minimum atomic E-state index is 0.114. The van der Waals surface area contributed by atoms with Gasteiger partial charge in [-0.3, -0.25) is 0 Å². The monoisotopic (exact) mass is 316 g/mol. The van der Waals surface area contributed by atoms with Gasteiger partial charge in [-0.2, -0.15) is 0 Å². The van der Waals surface area contributed by atoms with Gasteiger partial charge in [-0.15, -0.1) is 12.3 Å². The predicted molar refractivity (Wildman–Crippen MR) is 98.0 cm³/mol. The van der Waals surface area contributed by atoms with Crippen LogP contribution in [0.5, 0.6) is 0 Å². The number of terminal acetylenes is 1. The molecule has 1 aliphatic carbocycles. The first-order valence-corrected chi connectivity index (χ1v) is 8.85. The van der Waals surface area contributed by atoms with Gasteiger partial charge in [-0.1, -0.05) is 51.8 Å². The van der Waals surface area contributed by atoms with Gasteiger partial charge in [0, 0.05) is 11.8 Å². The Balaban J connectivity index is 0.000000816. The van der Waals surface area contributed by atoms with Crippen molar-refractivity contribution in [2.75, 3.05) is 0 Å². The molecule has 0 spiro atoms. The second kappa shape index (κ2) is 9.50. The molecule has 0 bridgehead atoms. The van der Waals surface area contributed by atoms with Crippen molar-refractivity contribution in [3.8, 4) is 12.3 Å². The second-order valence-electron chi connectivity index (χ2n) is 6.63. The van der Waals surface area contributed by atoms with E-state index in [-0.39, 0.29) is 11.5 Å². The largest absolute Gasteiger partial charge is 0.504 e. The lowest BCUT2D eigenvalue weighted by Crippen LogP contribution is -2.33. The summed E-state index contributed by atoms with van der Waals surface area (Å²) in [4.78, 5) is 0. The third-order valence-electron chi connectivity index (χ3n) is 4.49. The molecule has 2 rings (SSSR count). The minimum Gasteiger partial charge on any atom is -0.504 e. The summed E-state index contributed by atoms with van der Waals surface area (Å²) in [6.45, 7) is 8.25. The summed E-state index contributed by atoms with van der Waals surface area (Å²) in [6, 6.07) is 0. The predicted octanol–water partition coefficient (Wildman–Crippen LogP) is 5.92. The Hall–Kier alpha value is -1.62. The smallest absolute Gasteiger partial charge is 0.152 e. The van der Waals surface area contributed by atoms with Gasteiger partial charge in [0.1, 0.15) is 11.9 Å². The van der Waals surface area contributed by atoms with E-state index < -0.39 is 0 Å². The van der Waals surface area contributed by atoms with Crippen LogP contribution in [0.2, 0.25) is 0 Å². The number of unbranched alkanes of at least 4 members (excludes halogenated alkanes) is 1. The Morgan fingerprint density at radius 2 is 2.17 bits per heavy atom. The third-order valence-corrected chi connectivity index (χ3v) is 4.49. The molecule has 1 fully saturated rings. The van der Waals surface area contributed by atoms with Gasteiger partial charge in [-0.05, 0) is 38.2 Å². The molecule has 2 aliphatic rings. The van der Waals surface area contributed by atoms with Crippen LogP contribution in [0.1, 0.15) is 66.2 Å². The van der Waals surface area contributed by atoms with Crippen molar-refractivity contribution in [3.05, 3.63) is 35.8 Å². The van der Waals surface area contributed by atoms with Gasteiger partial charge in [0.05, 0.1) is 0 Å². The first-order chi connectivity index (χ1) is 11.0. The maximum absolute atomic E-state index is 10.2. The molecule has 0 aromatic rings. The van der Waals surface area contributed by atoms with E-state index in [0.29, 0.717) is 11.7 Å². The van der Waals surface area contributed by atoms with Crippen LogP contribution in [-0.2, 0) is 4.74 Å². The van der Waals surface area contributed by atoms with Gasteiger partial charge >= 0.3 is 0 Å². The average molecular weight is 316 g/mol. The number of ether oxygens (including phenoxy) is 1. The van der Waals surface area contributed by atoms with E-state index in [2.05, 4.69) is 45.3 Å². The van der Waals surface area contributed by atoms with Crippen molar-refractivity contribution in [2.24, 2.45) is 11.3 Å². The number of fused-ring (bicyclic) bond motifs is 1. The minimum absolute atomic E-state index is 0.114. The number of hydrogen-bond donors (Lipinski definition) is 1. The van der Waals surface area contributed by atoms with Gasteiger partial charge in [0.2, 0.25) is 0 Å². The third kappa shape index (κ3) is 5.20. The Labute approximate surface area is 142 Å². The molecule has 0 saturated carbocycles. The molecule has 1 aliphatic heterocycles. The lowest BCUT2D eigenvalue weighted by Gasteiger charge is -2.34. The fourth-order valence-corrected chi connectivity index (χ4v) is 3.37. The van der Waals surface area contributed by atoms with Gasteiger partial charge in [-0.25, -0.2) is 0 Å². The van der Waals surface area contributed by atoms with Crippen molar-refractivity contribution < 1.29 is 9.84 Å². The highest BCUT2D eigenvalue weighted by atomic mass is 16.5. The van der Waals surface area contributed by atoms with Crippen LogP contribution < -0.4 is 0 Å². The van der Waals surface area contributed by atoms with Crippen molar-refractivity contribution in [1.82, 2.24) is 0 Å². The number of aliphatic hydroxyl groups is 1. The van der Waals surface area contributed by atoms with Gasteiger partial charge < -0.3 is 9.84 Å². The fourth-order valence-electron chi connectivity index (χ4n) is 3.37. The maximum Gasteiger partial charge on any atom is 0.152 e. The van der Waals surface area contributed by atoms with Crippen LogP contribution in [-0.4, -0.2) is 11.2 Å². The zero-order chi connectivity index (χ0) is 17.3. The molecular formula is C21H32O2. The van der Waals surface area contributed by atoms with E-state index in [1.54, 1.807) is 6.92 Å². The first-order valence-electron chi connectivity index (χ1n) is 8.85. The molecule has 0 radical (unpaired) electrons. The van der Waals surface area contributed by atoms with Crippen LogP contribution in [0.25, 0.3) is 0 Å².